The first-order valence-corrected chi connectivity index (χ1v) is 35.0. The number of rotatable bonds is 53. The number of carboxylic acid groups (broad SMARTS) is 1. The lowest BCUT2D eigenvalue weighted by atomic mass is 9.88. The fourth-order valence-corrected chi connectivity index (χ4v) is 12.4. The lowest BCUT2D eigenvalue weighted by molar-refractivity contribution is -0.386. The average molecular weight is 1290 g/mol. The number of carbonyl (C=O) groups is 3. The molecule has 528 valence electrons. The second kappa shape index (κ2) is 48.2. The molecule has 0 bridgehead atoms. The van der Waals surface area contributed by atoms with Crippen LogP contribution in [0, 0.1) is 0 Å². The minimum absolute atomic E-state index is 0.225. The second-order valence-electron chi connectivity index (χ2n) is 25.7. The highest BCUT2D eigenvalue weighted by Gasteiger charge is 2.60. The summed E-state index contributed by atoms with van der Waals surface area (Å²) in [5, 5.41) is 136. The van der Waals surface area contributed by atoms with Gasteiger partial charge in [-0.1, -0.05) is 212 Å². The number of carboxylic acids is 1. The molecule has 18 atom stereocenters. The van der Waals surface area contributed by atoms with Crippen molar-refractivity contribution in [2.75, 3.05) is 26.4 Å². The number of carbonyl (C=O) groups excluding carboxylic acids is 2. The highest BCUT2D eigenvalue weighted by molar-refractivity contribution is 5.77. The molecule has 0 aromatic carbocycles. The number of aliphatic carboxylic acids is 1. The van der Waals surface area contributed by atoms with Crippen LogP contribution >= 0.6 is 0 Å². The van der Waals surface area contributed by atoms with Gasteiger partial charge in [0.1, 0.15) is 67.1 Å². The molecule has 0 aliphatic carbocycles. The van der Waals surface area contributed by atoms with E-state index in [0.29, 0.717) is 19.3 Å². The van der Waals surface area contributed by atoms with Crippen molar-refractivity contribution in [3.63, 3.8) is 0 Å². The summed E-state index contributed by atoms with van der Waals surface area (Å²) < 4.78 is 34.8. The van der Waals surface area contributed by atoms with E-state index in [1.165, 1.54) is 154 Å². The van der Waals surface area contributed by atoms with Gasteiger partial charge in [-0.3, -0.25) is 9.59 Å². The van der Waals surface area contributed by atoms with Crippen LogP contribution in [0.3, 0.4) is 0 Å². The molecule has 3 aliphatic heterocycles. The second-order valence-corrected chi connectivity index (χ2v) is 25.7. The topological polar surface area (TPSA) is 373 Å². The molecule has 18 unspecified atom stereocenters. The molecule has 3 saturated heterocycles. The van der Waals surface area contributed by atoms with E-state index in [2.05, 4.69) is 36.6 Å². The first kappa shape index (κ1) is 81.7. The van der Waals surface area contributed by atoms with E-state index >= 15 is 0 Å². The van der Waals surface area contributed by atoms with Gasteiger partial charge in [-0.25, -0.2) is 4.79 Å². The van der Waals surface area contributed by atoms with Gasteiger partial charge in [0.25, 0.3) is 5.79 Å². The Labute approximate surface area is 537 Å². The van der Waals surface area contributed by atoms with Crippen molar-refractivity contribution < 1.29 is 104 Å². The zero-order valence-electron chi connectivity index (χ0n) is 55.0. The molecule has 0 spiro atoms. The fraction of sp³-hybridized carbons (Fsp3) is 0.925. The molecule has 90 heavy (non-hydrogen) atoms. The maximum absolute atomic E-state index is 13.5. The third kappa shape index (κ3) is 30.5. The lowest BCUT2D eigenvalue weighted by Gasteiger charge is -2.50. The van der Waals surface area contributed by atoms with E-state index in [0.717, 1.165) is 58.3 Å². The minimum Gasteiger partial charge on any atom is -0.477 e. The molecule has 3 heterocycles. The number of nitrogens with one attached hydrogen (secondary N) is 2. The zero-order valence-corrected chi connectivity index (χ0v) is 55.0. The Morgan fingerprint density at radius 1 is 0.567 bits per heavy atom. The summed E-state index contributed by atoms with van der Waals surface area (Å²) in [5.74, 6) is -6.10. The molecule has 3 fully saturated rings. The maximum atomic E-state index is 13.5. The van der Waals surface area contributed by atoms with Gasteiger partial charge in [0.05, 0.1) is 50.7 Å². The van der Waals surface area contributed by atoms with Gasteiger partial charge in [-0.2, -0.15) is 0 Å². The summed E-state index contributed by atoms with van der Waals surface area (Å²) in [6, 6.07) is -2.53. The van der Waals surface area contributed by atoms with E-state index < -0.39 is 148 Å². The minimum atomic E-state index is -3.08. The number of hydrogen-bond acceptors (Lipinski definition) is 20. The van der Waals surface area contributed by atoms with Crippen molar-refractivity contribution in [2.24, 2.45) is 0 Å². The van der Waals surface area contributed by atoms with Gasteiger partial charge in [0.2, 0.25) is 11.8 Å². The van der Waals surface area contributed by atoms with E-state index in [4.69, 9.17) is 28.4 Å². The predicted octanol–water partition coefficient (Wildman–Crippen LogP) is 6.29. The van der Waals surface area contributed by atoms with Gasteiger partial charge < -0.3 is 100 Å². The van der Waals surface area contributed by atoms with E-state index in [1.54, 1.807) is 0 Å². The molecule has 23 nitrogen and oxygen atoms in total. The van der Waals surface area contributed by atoms with Crippen LogP contribution in [0.2, 0.25) is 0 Å². The van der Waals surface area contributed by atoms with E-state index in [-0.39, 0.29) is 18.9 Å². The van der Waals surface area contributed by atoms with Gasteiger partial charge in [0.15, 0.2) is 12.6 Å². The standard InChI is InChI=1S/C67H124N2O21/c1-4-6-8-10-12-14-16-18-19-20-21-22-23-24-25-26-27-29-31-33-35-37-39-41-54(77)69-48(49(74)40-38-36-34-32-30-28-17-15-13-11-9-7-5-2)46-85-64-59(81)58(80)61(53(45-72)87-64)88-65-60(82)63(57(79)52(44-71)86-65)90-67(66(83)84)42-50(75)55(68-47(3)73)62(89-67)56(78)51(76)43-70/h18-19,48-53,55-65,70-72,74-76,78-82H,4-17,20-46H2,1-3H3,(H,68,73)(H,69,77)(H,83,84). The van der Waals surface area contributed by atoms with Crippen molar-refractivity contribution in [2.45, 2.75) is 368 Å². The molecule has 3 rings (SSSR count). The molecule has 0 saturated carbocycles. The summed E-state index contributed by atoms with van der Waals surface area (Å²) in [6.45, 7) is 2.20. The quantitative estimate of drug-likeness (QED) is 0.0235. The number of unbranched alkanes of at least 4 members (excludes halogenated alkanes) is 31. The maximum Gasteiger partial charge on any atom is 0.364 e. The lowest BCUT2D eigenvalue weighted by Crippen LogP contribution is -2.70. The van der Waals surface area contributed by atoms with Gasteiger partial charge in [0, 0.05) is 19.8 Å². The molecule has 3 aliphatic rings. The summed E-state index contributed by atoms with van der Waals surface area (Å²) in [6.07, 6.45) is 16.5. The molecule has 0 radical (unpaired) electrons. The number of amides is 2. The van der Waals surface area contributed by atoms with Crippen LogP contribution in [0.25, 0.3) is 0 Å². The Kier molecular flexibility index (Phi) is 43.8. The predicted molar refractivity (Wildman–Crippen MR) is 338 cm³/mol. The van der Waals surface area contributed by atoms with Crippen LogP contribution in [0.5, 0.6) is 0 Å². The Morgan fingerprint density at radius 3 is 1.50 bits per heavy atom. The van der Waals surface area contributed by atoms with Gasteiger partial charge in [-0.05, 0) is 38.5 Å². The number of aliphatic hydroxyl groups is 11. The van der Waals surface area contributed by atoms with Crippen LogP contribution in [-0.4, -0.2) is 215 Å². The molecule has 2 amide bonds. The summed E-state index contributed by atoms with van der Waals surface area (Å²) >= 11 is 0. The van der Waals surface area contributed by atoms with E-state index in [1.807, 2.05) is 0 Å². The third-order valence-corrected chi connectivity index (χ3v) is 18.0. The number of allylic oxidation sites excluding steroid dienone is 2. The van der Waals surface area contributed by atoms with Gasteiger partial charge >= 0.3 is 5.97 Å². The van der Waals surface area contributed by atoms with Gasteiger partial charge in [-0.15, -0.1) is 0 Å². The summed E-state index contributed by atoms with van der Waals surface area (Å²) in [4.78, 5) is 38.5. The molecule has 23 heteroatoms. The Balaban J connectivity index is 1.56. The normalized spacial score (nSPS) is 28.6. The Hall–Kier alpha value is -2.53. The molecule has 0 aromatic rings. The summed E-state index contributed by atoms with van der Waals surface area (Å²) in [5.41, 5.74) is 0. The highest BCUT2D eigenvalue weighted by atomic mass is 16.8. The van der Waals surface area contributed by atoms with Crippen LogP contribution in [0.4, 0.5) is 0 Å². The van der Waals surface area contributed by atoms with Crippen molar-refractivity contribution in [1.29, 1.82) is 0 Å². The summed E-state index contributed by atoms with van der Waals surface area (Å²) in [7, 11) is 0. The van der Waals surface area contributed by atoms with E-state index in [9.17, 15) is 75.7 Å². The molecular formula is C67H124N2O21. The Bertz CT molecular complexity index is 1870. The highest BCUT2D eigenvalue weighted by Crippen LogP contribution is 2.39. The van der Waals surface area contributed by atoms with Crippen LogP contribution in [0.15, 0.2) is 12.2 Å². The molecule has 14 N–H and O–H groups in total. The first-order chi connectivity index (χ1) is 43.4. The smallest absolute Gasteiger partial charge is 0.364 e. The average Bonchev–Trinajstić information content (AvgIpc) is 0.889. The number of ether oxygens (including phenoxy) is 6. The van der Waals surface area contributed by atoms with Crippen molar-refractivity contribution >= 4 is 17.8 Å². The first-order valence-electron chi connectivity index (χ1n) is 35.0. The Morgan fingerprint density at radius 2 is 1.03 bits per heavy atom. The van der Waals surface area contributed by atoms with Crippen molar-refractivity contribution in [3.05, 3.63) is 12.2 Å². The molecule has 0 aromatic heterocycles. The zero-order chi connectivity index (χ0) is 66.1. The van der Waals surface area contributed by atoms with Crippen LogP contribution in [0.1, 0.15) is 258 Å². The van der Waals surface area contributed by atoms with Crippen molar-refractivity contribution in [1.82, 2.24) is 10.6 Å². The fourth-order valence-electron chi connectivity index (χ4n) is 12.4. The van der Waals surface area contributed by atoms with Crippen LogP contribution < -0.4 is 10.6 Å². The number of aliphatic hydroxyl groups excluding tert-OH is 11. The van der Waals surface area contributed by atoms with Crippen molar-refractivity contribution in [3.8, 4) is 0 Å². The SMILES string of the molecule is CCCCCCCCC=CCCCCCCCCCCCCCCCC(=O)NC(COC1OC(CO)C(OC2OC(CO)C(O)C(OC3(C(=O)O)CC(O)C(NC(C)=O)C(C(O)C(O)CO)O3)C2O)C(O)C1O)C(O)CCCCCCCCCCCCCCC. The number of hydrogen-bond donors (Lipinski definition) is 14. The molecular weight excluding hydrogens is 1170 g/mol. The van der Waals surface area contributed by atoms with Crippen LogP contribution in [-0.2, 0) is 42.8 Å². The monoisotopic (exact) mass is 1290 g/mol. The third-order valence-electron chi connectivity index (χ3n) is 18.0. The largest absolute Gasteiger partial charge is 0.477 e.